The first-order valence-corrected chi connectivity index (χ1v) is 7.42. The van der Waals surface area contributed by atoms with Crippen molar-refractivity contribution in [3.63, 3.8) is 0 Å². The van der Waals surface area contributed by atoms with Crippen LogP contribution in [0.4, 0.5) is 4.79 Å². The number of esters is 1. The molecule has 0 fully saturated rings. The van der Waals surface area contributed by atoms with E-state index in [1.54, 1.807) is 20.8 Å². The minimum absolute atomic E-state index is 0.221. The summed E-state index contributed by atoms with van der Waals surface area (Å²) in [6.45, 7) is 5.27. The highest BCUT2D eigenvalue weighted by atomic mass is 79.9. The van der Waals surface area contributed by atoms with Crippen LogP contribution in [0.25, 0.3) is 0 Å². The number of rotatable bonds is 3. The fourth-order valence-corrected chi connectivity index (χ4v) is 2.41. The molecule has 1 aromatic carbocycles. The largest absolute Gasteiger partial charge is 0.459 e. The lowest BCUT2D eigenvalue weighted by Gasteiger charge is -2.28. The third kappa shape index (κ3) is 3.64. The monoisotopic (exact) mass is 352 g/mol. The van der Waals surface area contributed by atoms with Gasteiger partial charge in [0.15, 0.2) is 0 Å². The molecule has 0 bridgehead atoms. The quantitative estimate of drug-likeness (QED) is 0.821. The van der Waals surface area contributed by atoms with Gasteiger partial charge < -0.3 is 15.4 Å². The summed E-state index contributed by atoms with van der Waals surface area (Å²) in [4.78, 5) is 24.0. The van der Waals surface area contributed by atoms with Crippen LogP contribution >= 0.6 is 15.9 Å². The third-order valence-electron chi connectivity index (χ3n) is 3.04. The molecule has 0 saturated carbocycles. The van der Waals surface area contributed by atoms with E-state index in [4.69, 9.17) is 4.74 Å². The van der Waals surface area contributed by atoms with E-state index in [0.717, 1.165) is 10.0 Å². The molecule has 0 aromatic heterocycles. The molecule has 5 nitrogen and oxygen atoms in total. The van der Waals surface area contributed by atoms with E-state index in [2.05, 4.69) is 26.6 Å². The van der Waals surface area contributed by atoms with Gasteiger partial charge in [0.05, 0.1) is 17.7 Å². The molecule has 0 radical (unpaired) electrons. The zero-order valence-corrected chi connectivity index (χ0v) is 13.7. The van der Waals surface area contributed by atoms with Gasteiger partial charge in [0, 0.05) is 10.2 Å². The summed E-state index contributed by atoms with van der Waals surface area (Å²) < 4.78 is 6.20. The SMILES string of the molecule is CC1=C(C(=O)OC(C)C)[C@H](c2ccc(Br)cc2)NC(=O)N1. The molecule has 0 saturated heterocycles. The number of hydrogen-bond donors (Lipinski definition) is 2. The number of ether oxygens (including phenoxy) is 1. The molecule has 2 amide bonds. The number of carbonyl (C=O) groups excluding carboxylic acids is 2. The van der Waals surface area contributed by atoms with Crippen LogP contribution in [-0.2, 0) is 9.53 Å². The zero-order chi connectivity index (χ0) is 15.6. The fourth-order valence-electron chi connectivity index (χ4n) is 2.15. The molecule has 1 aliphatic rings. The van der Waals surface area contributed by atoms with Gasteiger partial charge in [-0.3, -0.25) is 0 Å². The molecule has 1 aromatic rings. The lowest BCUT2D eigenvalue weighted by Crippen LogP contribution is -2.45. The van der Waals surface area contributed by atoms with Crippen molar-refractivity contribution in [2.45, 2.75) is 32.9 Å². The molecular weight excluding hydrogens is 336 g/mol. The van der Waals surface area contributed by atoms with E-state index in [1.165, 1.54) is 0 Å². The molecule has 112 valence electrons. The predicted octanol–water partition coefficient (Wildman–Crippen LogP) is 3.03. The molecule has 0 spiro atoms. The fraction of sp³-hybridized carbons (Fsp3) is 0.333. The topological polar surface area (TPSA) is 67.4 Å². The Kier molecular flexibility index (Phi) is 4.67. The minimum atomic E-state index is -0.516. The highest BCUT2D eigenvalue weighted by molar-refractivity contribution is 9.10. The first kappa shape index (κ1) is 15.6. The van der Waals surface area contributed by atoms with Gasteiger partial charge in [0.2, 0.25) is 0 Å². The van der Waals surface area contributed by atoms with E-state index in [0.29, 0.717) is 11.3 Å². The predicted molar refractivity (Wildman–Crippen MR) is 82.5 cm³/mol. The molecule has 2 N–H and O–H groups in total. The van der Waals surface area contributed by atoms with Gasteiger partial charge in [-0.25, -0.2) is 9.59 Å². The summed E-state index contributed by atoms with van der Waals surface area (Å²) in [5.41, 5.74) is 1.76. The molecular formula is C15H17BrN2O3. The van der Waals surface area contributed by atoms with Gasteiger partial charge in [0.25, 0.3) is 0 Å². The Hall–Kier alpha value is -1.82. The van der Waals surface area contributed by atoms with Crippen molar-refractivity contribution in [2.24, 2.45) is 0 Å². The van der Waals surface area contributed by atoms with Crippen molar-refractivity contribution < 1.29 is 14.3 Å². The van der Waals surface area contributed by atoms with Crippen LogP contribution in [-0.4, -0.2) is 18.1 Å². The summed E-state index contributed by atoms with van der Waals surface area (Å²) in [6.07, 6.45) is -0.221. The van der Waals surface area contributed by atoms with Gasteiger partial charge >= 0.3 is 12.0 Å². The van der Waals surface area contributed by atoms with E-state index >= 15 is 0 Å². The molecule has 1 atom stereocenters. The van der Waals surface area contributed by atoms with Crippen molar-refractivity contribution >= 4 is 27.9 Å². The average molecular weight is 353 g/mol. The summed E-state index contributed by atoms with van der Waals surface area (Å²) in [5, 5.41) is 5.38. The number of amides is 2. The second-order valence-electron chi connectivity index (χ2n) is 5.08. The van der Waals surface area contributed by atoms with Gasteiger partial charge in [-0.2, -0.15) is 0 Å². The second kappa shape index (κ2) is 6.30. The maximum absolute atomic E-state index is 12.3. The second-order valence-corrected chi connectivity index (χ2v) is 5.99. The Balaban J connectivity index is 2.40. The number of allylic oxidation sites excluding steroid dienone is 1. The average Bonchev–Trinajstić information content (AvgIpc) is 2.37. The van der Waals surface area contributed by atoms with Crippen molar-refractivity contribution in [3.8, 4) is 0 Å². The Morgan fingerprint density at radius 1 is 1.29 bits per heavy atom. The number of hydrogen-bond acceptors (Lipinski definition) is 3. The van der Waals surface area contributed by atoms with Gasteiger partial charge in [-0.05, 0) is 38.5 Å². The maximum Gasteiger partial charge on any atom is 0.338 e. The number of carbonyl (C=O) groups is 2. The van der Waals surface area contributed by atoms with Gasteiger partial charge in [-0.1, -0.05) is 28.1 Å². The van der Waals surface area contributed by atoms with E-state index in [-0.39, 0.29) is 12.1 Å². The van der Waals surface area contributed by atoms with Crippen molar-refractivity contribution in [1.82, 2.24) is 10.6 Å². The van der Waals surface area contributed by atoms with Crippen molar-refractivity contribution in [3.05, 3.63) is 45.6 Å². The summed E-state index contributed by atoms with van der Waals surface area (Å²) in [5.74, 6) is -0.428. The van der Waals surface area contributed by atoms with Gasteiger partial charge in [-0.15, -0.1) is 0 Å². The van der Waals surface area contributed by atoms with E-state index in [1.807, 2.05) is 24.3 Å². The van der Waals surface area contributed by atoms with Crippen molar-refractivity contribution in [2.75, 3.05) is 0 Å². The Labute approximate surface area is 131 Å². The number of urea groups is 1. The maximum atomic E-state index is 12.3. The third-order valence-corrected chi connectivity index (χ3v) is 3.56. The van der Waals surface area contributed by atoms with Crippen LogP contribution in [0.3, 0.4) is 0 Å². The van der Waals surface area contributed by atoms with Crippen molar-refractivity contribution in [1.29, 1.82) is 0 Å². The summed E-state index contributed by atoms with van der Waals surface area (Å²) in [6, 6.07) is 6.60. The molecule has 21 heavy (non-hydrogen) atoms. The smallest absolute Gasteiger partial charge is 0.338 e. The Morgan fingerprint density at radius 2 is 1.90 bits per heavy atom. The Bertz CT molecular complexity index is 593. The van der Waals surface area contributed by atoms with E-state index < -0.39 is 12.0 Å². The van der Waals surface area contributed by atoms with Crippen LogP contribution in [0, 0.1) is 0 Å². The lowest BCUT2D eigenvalue weighted by molar-refractivity contribution is -0.143. The lowest BCUT2D eigenvalue weighted by atomic mass is 9.95. The zero-order valence-electron chi connectivity index (χ0n) is 12.1. The standard InChI is InChI=1S/C15H17BrN2O3/c1-8(2)21-14(19)12-9(3)17-15(20)18-13(12)10-4-6-11(16)7-5-10/h4-8,13H,1-3H3,(H2,17,18,20)/t13-/m0/s1. The first-order valence-electron chi connectivity index (χ1n) is 6.63. The molecule has 2 rings (SSSR count). The van der Waals surface area contributed by atoms with Crippen LogP contribution in [0.1, 0.15) is 32.4 Å². The molecule has 6 heteroatoms. The van der Waals surface area contributed by atoms with E-state index in [9.17, 15) is 9.59 Å². The molecule has 1 heterocycles. The highest BCUT2D eigenvalue weighted by Crippen LogP contribution is 2.28. The van der Waals surface area contributed by atoms with Crippen LogP contribution < -0.4 is 10.6 Å². The molecule has 0 aliphatic carbocycles. The normalized spacial score (nSPS) is 18.3. The van der Waals surface area contributed by atoms with Crippen LogP contribution in [0.5, 0.6) is 0 Å². The Morgan fingerprint density at radius 3 is 2.48 bits per heavy atom. The highest BCUT2D eigenvalue weighted by Gasteiger charge is 2.32. The minimum Gasteiger partial charge on any atom is -0.459 e. The number of benzene rings is 1. The molecule has 1 aliphatic heterocycles. The van der Waals surface area contributed by atoms with Gasteiger partial charge in [0.1, 0.15) is 0 Å². The first-order chi connectivity index (χ1) is 9.88. The molecule has 0 unspecified atom stereocenters. The summed E-state index contributed by atoms with van der Waals surface area (Å²) >= 11 is 3.37. The van der Waals surface area contributed by atoms with Crippen LogP contribution in [0.2, 0.25) is 0 Å². The number of nitrogens with one attached hydrogen (secondary N) is 2. The number of halogens is 1. The van der Waals surface area contributed by atoms with Crippen LogP contribution in [0.15, 0.2) is 40.0 Å². The summed E-state index contributed by atoms with van der Waals surface area (Å²) in [7, 11) is 0.